The molecule has 0 saturated carbocycles. The molecule has 0 N–H and O–H groups in total. The summed E-state index contributed by atoms with van der Waals surface area (Å²) in [7, 11) is 0. The molecule has 0 amide bonds. The molecule has 0 bridgehead atoms. The van der Waals surface area contributed by atoms with Crippen LogP contribution in [0.15, 0.2) is 30.3 Å². The van der Waals surface area contributed by atoms with Crippen molar-refractivity contribution in [2.45, 2.75) is 6.43 Å². The average Bonchev–Trinajstić information content (AvgIpc) is 2.15. The second kappa shape index (κ2) is 5.12. The summed E-state index contributed by atoms with van der Waals surface area (Å²) in [5.41, 5.74) is 1.000. The van der Waals surface area contributed by atoms with Crippen molar-refractivity contribution in [3.8, 4) is 0 Å². The summed E-state index contributed by atoms with van der Waals surface area (Å²) in [6.45, 7) is 0. The molecule has 0 aliphatic heterocycles. The molecule has 0 unspecified atom stereocenters. The lowest BCUT2D eigenvalue weighted by Gasteiger charge is -1.98. The van der Waals surface area contributed by atoms with Crippen molar-refractivity contribution in [3.05, 3.63) is 41.5 Å². The van der Waals surface area contributed by atoms with Gasteiger partial charge in [0.05, 0.1) is 0 Å². The normalized spacial score (nSPS) is 11.4. The molecule has 0 radical (unpaired) electrons. The van der Waals surface area contributed by atoms with E-state index in [-0.39, 0.29) is 5.56 Å². The van der Waals surface area contributed by atoms with Crippen LogP contribution in [0, 0.1) is 0 Å². The van der Waals surface area contributed by atoms with Crippen molar-refractivity contribution in [1.82, 2.24) is 0 Å². The Labute approximate surface area is 84.4 Å². The number of halogens is 3. The molecular formula is C10H9BrF2. The molecule has 0 saturated heterocycles. The molecule has 1 rings (SSSR count). The van der Waals surface area contributed by atoms with Crippen molar-refractivity contribution in [2.75, 3.05) is 5.33 Å². The number of benzene rings is 1. The van der Waals surface area contributed by atoms with Crippen LogP contribution in [-0.4, -0.2) is 5.33 Å². The van der Waals surface area contributed by atoms with Gasteiger partial charge in [-0.2, -0.15) is 0 Å². The maximum atomic E-state index is 12.1. The second-order valence-electron chi connectivity index (χ2n) is 2.52. The lowest BCUT2D eigenvalue weighted by molar-refractivity contribution is 0.151. The lowest BCUT2D eigenvalue weighted by Crippen LogP contribution is -1.82. The lowest BCUT2D eigenvalue weighted by atomic mass is 10.1. The van der Waals surface area contributed by atoms with Crippen LogP contribution in [0.25, 0.3) is 6.08 Å². The fraction of sp³-hybridized carbons (Fsp3) is 0.200. The van der Waals surface area contributed by atoms with Gasteiger partial charge in [-0.3, -0.25) is 0 Å². The Morgan fingerprint density at radius 2 is 1.85 bits per heavy atom. The van der Waals surface area contributed by atoms with E-state index in [4.69, 9.17) is 0 Å². The largest absolute Gasteiger partial charge is 0.263 e. The highest BCUT2D eigenvalue weighted by atomic mass is 79.9. The summed E-state index contributed by atoms with van der Waals surface area (Å²) in [5, 5.41) is 0.767. The molecule has 13 heavy (non-hydrogen) atoms. The van der Waals surface area contributed by atoms with E-state index in [0.29, 0.717) is 0 Å². The Bertz CT molecular complexity index is 277. The zero-order valence-electron chi connectivity index (χ0n) is 6.88. The van der Waals surface area contributed by atoms with E-state index < -0.39 is 6.43 Å². The molecule has 1 aromatic rings. The Morgan fingerprint density at radius 3 is 2.31 bits per heavy atom. The molecule has 0 aliphatic carbocycles. The van der Waals surface area contributed by atoms with E-state index in [0.717, 1.165) is 10.9 Å². The van der Waals surface area contributed by atoms with Gasteiger partial charge >= 0.3 is 0 Å². The third-order valence-electron chi connectivity index (χ3n) is 1.59. The summed E-state index contributed by atoms with van der Waals surface area (Å²) in [4.78, 5) is 0. The van der Waals surface area contributed by atoms with Crippen molar-refractivity contribution in [3.63, 3.8) is 0 Å². The molecule has 1 aromatic carbocycles. The zero-order chi connectivity index (χ0) is 9.68. The summed E-state index contributed by atoms with van der Waals surface area (Å²) in [5.74, 6) is 0. The topological polar surface area (TPSA) is 0 Å². The first-order valence-electron chi connectivity index (χ1n) is 3.84. The summed E-state index contributed by atoms with van der Waals surface area (Å²) < 4.78 is 24.3. The number of alkyl halides is 3. The highest BCUT2D eigenvalue weighted by Gasteiger charge is 2.04. The Balaban J connectivity index is 2.75. The second-order valence-corrected chi connectivity index (χ2v) is 3.17. The highest BCUT2D eigenvalue weighted by Crippen LogP contribution is 2.18. The predicted octanol–water partition coefficient (Wildman–Crippen LogP) is 4.03. The van der Waals surface area contributed by atoms with Gasteiger partial charge in [-0.25, -0.2) is 8.78 Å². The van der Waals surface area contributed by atoms with Crippen LogP contribution in [0.1, 0.15) is 17.6 Å². The van der Waals surface area contributed by atoms with Crippen LogP contribution < -0.4 is 0 Å². The quantitative estimate of drug-likeness (QED) is 0.707. The Morgan fingerprint density at radius 1 is 1.23 bits per heavy atom. The number of hydrogen-bond acceptors (Lipinski definition) is 0. The fourth-order valence-electron chi connectivity index (χ4n) is 0.933. The minimum atomic E-state index is -2.38. The average molecular weight is 247 g/mol. The summed E-state index contributed by atoms with van der Waals surface area (Å²) >= 11 is 3.24. The van der Waals surface area contributed by atoms with Crippen LogP contribution in [0.4, 0.5) is 8.78 Å². The SMILES string of the molecule is FC(F)c1ccc(/C=C/CBr)cc1. The number of hydrogen-bond donors (Lipinski definition) is 0. The van der Waals surface area contributed by atoms with Crippen LogP contribution in [0.5, 0.6) is 0 Å². The van der Waals surface area contributed by atoms with Gasteiger partial charge in [-0.05, 0) is 5.56 Å². The molecule has 0 nitrogen and oxygen atoms in total. The Hall–Kier alpha value is -0.700. The van der Waals surface area contributed by atoms with E-state index in [1.807, 2.05) is 12.2 Å². The molecule has 0 spiro atoms. The summed E-state index contributed by atoms with van der Waals surface area (Å²) in [6.07, 6.45) is 1.41. The third kappa shape index (κ3) is 3.27. The first-order valence-corrected chi connectivity index (χ1v) is 4.97. The first kappa shape index (κ1) is 10.4. The van der Waals surface area contributed by atoms with E-state index in [9.17, 15) is 8.78 Å². The van der Waals surface area contributed by atoms with E-state index >= 15 is 0 Å². The molecule has 0 heterocycles. The molecule has 0 fully saturated rings. The molecule has 0 atom stereocenters. The van der Waals surface area contributed by atoms with Gasteiger partial charge in [0.25, 0.3) is 6.43 Å². The van der Waals surface area contributed by atoms with Crippen molar-refractivity contribution in [2.24, 2.45) is 0 Å². The van der Waals surface area contributed by atoms with Gasteiger partial charge in [-0.1, -0.05) is 52.3 Å². The van der Waals surface area contributed by atoms with Crippen molar-refractivity contribution in [1.29, 1.82) is 0 Å². The van der Waals surface area contributed by atoms with Gasteiger partial charge in [0.1, 0.15) is 0 Å². The van der Waals surface area contributed by atoms with Gasteiger partial charge < -0.3 is 0 Å². The molecule has 0 aliphatic rings. The first-order chi connectivity index (χ1) is 6.24. The monoisotopic (exact) mass is 246 g/mol. The smallest absolute Gasteiger partial charge is 0.205 e. The third-order valence-corrected chi connectivity index (χ3v) is 1.96. The van der Waals surface area contributed by atoms with Gasteiger partial charge in [0.2, 0.25) is 0 Å². The molecular weight excluding hydrogens is 238 g/mol. The fourth-order valence-corrected chi connectivity index (χ4v) is 1.12. The zero-order valence-corrected chi connectivity index (χ0v) is 8.47. The van der Waals surface area contributed by atoms with Gasteiger partial charge in [0.15, 0.2) is 0 Å². The Kier molecular flexibility index (Phi) is 4.09. The van der Waals surface area contributed by atoms with Gasteiger partial charge in [0, 0.05) is 10.9 Å². The molecule has 70 valence electrons. The van der Waals surface area contributed by atoms with E-state index in [1.165, 1.54) is 12.1 Å². The van der Waals surface area contributed by atoms with E-state index in [1.54, 1.807) is 12.1 Å². The van der Waals surface area contributed by atoms with Crippen molar-refractivity contribution < 1.29 is 8.78 Å². The summed E-state index contributed by atoms with van der Waals surface area (Å²) in [6, 6.07) is 6.25. The molecule has 3 heteroatoms. The van der Waals surface area contributed by atoms with Crippen LogP contribution in [0.3, 0.4) is 0 Å². The maximum Gasteiger partial charge on any atom is 0.263 e. The van der Waals surface area contributed by atoms with E-state index in [2.05, 4.69) is 15.9 Å². The maximum absolute atomic E-state index is 12.1. The predicted molar refractivity (Wildman–Crippen MR) is 54.2 cm³/mol. The minimum Gasteiger partial charge on any atom is -0.205 e. The van der Waals surface area contributed by atoms with Crippen LogP contribution in [-0.2, 0) is 0 Å². The number of rotatable bonds is 3. The molecule has 0 aromatic heterocycles. The van der Waals surface area contributed by atoms with Crippen LogP contribution in [0.2, 0.25) is 0 Å². The van der Waals surface area contributed by atoms with Crippen molar-refractivity contribution >= 4 is 22.0 Å². The highest BCUT2D eigenvalue weighted by molar-refractivity contribution is 9.09. The minimum absolute atomic E-state index is 0.0657. The standard InChI is InChI=1S/C10H9BrF2/c11-7-1-2-8-3-5-9(6-4-8)10(12)13/h1-6,10H,7H2/b2-1+. The van der Waals surface area contributed by atoms with Crippen LogP contribution >= 0.6 is 15.9 Å². The number of allylic oxidation sites excluding steroid dienone is 1. The van der Waals surface area contributed by atoms with Gasteiger partial charge in [-0.15, -0.1) is 0 Å².